The highest BCUT2D eigenvalue weighted by atomic mass is 35.5. The molecule has 0 radical (unpaired) electrons. The largest absolute Gasteiger partial charge is 0.378 e. The Morgan fingerprint density at radius 2 is 1.79 bits per heavy atom. The van der Waals surface area contributed by atoms with E-state index in [1.165, 1.54) is 6.92 Å². The Hall–Kier alpha value is -2.12. The van der Waals surface area contributed by atoms with E-state index in [9.17, 15) is 14.4 Å². The summed E-state index contributed by atoms with van der Waals surface area (Å²) in [6.45, 7) is 3.81. The van der Waals surface area contributed by atoms with Gasteiger partial charge in [-0.25, -0.2) is 0 Å². The van der Waals surface area contributed by atoms with Gasteiger partial charge in [-0.05, 0) is 36.5 Å². The molecule has 1 saturated heterocycles. The number of hydrogen-bond acceptors (Lipinski definition) is 4. The van der Waals surface area contributed by atoms with Gasteiger partial charge in [0.15, 0.2) is 0 Å². The van der Waals surface area contributed by atoms with Gasteiger partial charge in [-0.2, -0.15) is 0 Å². The van der Waals surface area contributed by atoms with E-state index in [0.717, 1.165) is 25.7 Å². The van der Waals surface area contributed by atoms with Crippen molar-refractivity contribution in [2.75, 3.05) is 36.9 Å². The van der Waals surface area contributed by atoms with Crippen molar-refractivity contribution in [3.8, 4) is 0 Å². The van der Waals surface area contributed by atoms with E-state index in [1.54, 1.807) is 18.2 Å². The predicted octanol–water partition coefficient (Wildman–Crippen LogP) is 3.44. The van der Waals surface area contributed by atoms with Crippen molar-refractivity contribution in [3.05, 3.63) is 23.2 Å². The normalized spacial score (nSPS) is 18.3. The zero-order valence-electron chi connectivity index (χ0n) is 16.8. The van der Waals surface area contributed by atoms with E-state index in [0.29, 0.717) is 55.5 Å². The lowest BCUT2D eigenvalue weighted by atomic mass is 9.78. The Kier molecular flexibility index (Phi) is 7.14. The first-order valence-electron chi connectivity index (χ1n) is 10.1. The first-order chi connectivity index (χ1) is 13.9. The van der Waals surface area contributed by atoms with Gasteiger partial charge in [0.2, 0.25) is 17.7 Å². The molecular weight excluding hydrogens is 394 g/mol. The molecule has 1 aliphatic heterocycles. The van der Waals surface area contributed by atoms with Crippen LogP contribution in [0.5, 0.6) is 0 Å². The first-order valence-corrected chi connectivity index (χ1v) is 10.5. The van der Waals surface area contributed by atoms with Gasteiger partial charge in [-0.3, -0.25) is 14.4 Å². The van der Waals surface area contributed by atoms with Crippen LogP contribution >= 0.6 is 11.6 Å². The monoisotopic (exact) mass is 421 g/mol. The van der Waals surface area contributed by atoms with Crippen molar-refractivity contribution in [1.82, 2.24) is 4.90 Å². The molecule has 0 spiro atoms. The number of benzene rings is 1. The van der Waals surface area contributed by atoms with Crippen molar-refractivity contribution >= 4 is 40.7 Å². The summed E-state index contributed by atoms with van der Waals surface area (Å²) in [6, 6.07) is 4.98. The van der Waals surface area contributed by atoms with E-state index < -0.39 is 0 Å². The van der Waals surface area contributed by atoms with Gasteiger partial charge in [0.25, 0.3) is 0 Å². The van der Waals surface area contributed by atoms with Crippen LogP contribution in [0.4, 0.5) is 11.4 Å². The van der Waals surface area contributed by atoms with Crippen molar-refractivity contribution in [1.29, 1.82) is 0 Å². The van der Waals surface area contributed by atoms with Gasteiger partial charge >= 0.3 is 0 Å². The van der Waals surface area contributed by atoms with Gasteiger partial charge in [0.05, 0.1) is 23.9 Å². The summed E-state index contributed by atoms with van der Waals surface area (Å²) in [6.07, 6.45) is 4.58. The number of ether oxygens (including phenoxy) is 1. The third-order valence-electron chi connectivity index (χ3n) is 5.65. The number of nitrogens with zero attached hydrogens (tertiary/aromatic N) is 1. The number of rotatable bonds is 6. The number of morpholine rings is 1. The number of anilines is 2. The average molecular weight is 422 g/mol. The molecule has 1 aromatic rings. The van der Waals surface area contributed by atoms with Crippen molar-refractivity contribution < 1.29 is 19.1 Å². The van der Waals surface area contributed by atoms with Crippen molar-refractivity contribution in [3.63, 3.8) is 0 Å². The number of hydrogen-bond donors (Lipinski definition) is 2. The molecule has 0 atom stereocenters. The van der Waals surface area contributed by atoms with Crippen LogP contribution in [-0.2, 0) is 19.1 Å². The van der Waals surface area contributed by atoms with Crippen molar-refractivity contribution in [2.24, 2.45) is 5.41 Å². The summed E-state index contributed by atoms with van der Waals surface area (Å²) >= 11 is 6.18. The first kappa shape index (κ1) is 21.6. The number of amides is 3. The second-order valence-corrected chi connectivity index (χ2v) is 8.39. The maximum absolute atomic E-state index is 12.8. The van der Waals surface area contributed by atoms with Gasteiger partial charge in [-0.1, -0.05) is 24.4 Å². The summed E-state index contributed by atoms with van der Waals surface area (Å²) in [5, 5.41) is 5.88. The molecule has 29 heavy (non-hydrogen) atoms. The van der Waals surface area contributed by atoms with Gasteiger partial charge in [-0.15, -0.1) is 0 Å². The lowest BCUT2D eigenvalue weighted by molar-refractivity contribution is -0.138. The van der Waals surface area contributed by atoms with Crippen LogP contribution < -0.4 is 10.6 Å². The molecule has 0 aromatic heterocycles. The molecule has 0 unspecified atom stereocenters. The fourth-order valence-corrected chi connectivity index (χ4v) is 4.44. The lowest BCUT2D eigenvalue weighted by Gasteiger charge is -2.33. The van der Waals surface area contributed by atoms with E-state index in [4.69, 9.17) is 16.3 Å². The molecule has 0 bridgehead atoms. The average Bonchev–Trinajstić information content (AvgIpc) is 3.12. The van der Waals surface area contributed by atoms with Crippen LogP contribution in [0.25, 0.3) is 0 Å². The maximum atomic E-state index is 12.8. The molecule has 8 heteroatoms. The van der Waals surface area contributed by atoms with Gasteiger partial charge in [0.1, 0.15) is 0 Å². The zero-order valence-corrected chi connectivity index (χ0v) is 17.5. The second kappa shape index (κ2) is 9.59. The van der Waals surface area contributed by atoms with Crippen LogP contribution in [0, 0.1) is 5.41 Å². The third-order valence-corrected chi connectivity index (χ3v) is 5.97. The highest BCUT2D eigenvalue weighted by Crippen LogP contribution is 2.44. The van der Waals surface area contributed by atoms with E-state index in [2.05, 4.69) is 10.6 Å². The molecule has 7 nitrogen and oxygen atoms in total. The summed E-state index contributed by atoms with van der Waals surface area (Å²) < 4.78 is 5.32. The van der Waals surface area contributed by atoms with Crippen LogP contribution in [0.1, 0.15) is 45.4 Å². The lowest BCUT2D eigenvalue weighted by Crippen LogP contribution is -2.43. The molecule has 3 amide bonds. The highest BCUT2D eigenvalue weighted by Gasteiger charge is 2.39. The summed E-state index contributed by atoms with van der Waals surface area (Å²) in [5.41, 5.74) is 0.793. The molecule has 2 N–H and O–H groups in total. The SMILES string of the molecule is CC(=O)Nc1ccc(NC(=O)CC2(CC(=O)N3CCOCC3)CCCC2)cc1Cl. The Balaban J connectivity index is 1.61. The molecule has 1 heterocycles. The zero-order chi connectivity index (χ0) is 20.9. The van der Waals surface area contributed by atoms with Gasteiger partial charge in [0, 0.05) is 38.5 Å². The highest BCUT2D eigenvalue weighted by molar-refractivity contribution is 6.34. The minimum atomic E-state index is -0.278. The number of carbonyl (C=O) groups excluding carboxylic acids is 3. The van der Waals surface area contributed by atoms with E-state index in [1.807, 2.05) is 4.90 Å². The Bertz CT molecular complexity index is 771. The molecule has 1 aromatic carbocycles. The van der Waals surface area contributed by atoms with Crippen molar-refractivity contribution in [2.45, 2.75) is 45.4 Å². The van der Waals surface area contributed by atoms with Crippen LogP contribution in [0.3, 0.4) is 0 Å². The van der Waals surface area contributed by atoms with Crippen LogP contribution in [0.2, 0.25) is 5.02 Å². The summed E-state index contributed by atoms with van der Waals surface area (Å²) in [7, 11) is 0. The molecular formula is C21H28ClN3O4. The number of carbonyl (C=O) groups is 3. The minimum absolute atomic E-state index is 0.116. The summed E-state index contributed by atoms with van der Waals surface area (Å²) in [5.74, 6) is -0.215. The van der Waals surface area contributed by atoms with E-state index in [-0.39, 0.29) is 23.1 Å². The molecule has 3 rings (SSSR count). The van der Waals surface area contributed by atoms with Crippen LogP contribution in [-0.4, -0.2) is 48.9 Å². The fourth-order valence-electron chi connectivity index (χ4n) is 4.22. The maximum Gasteiger partial charge on any atom is 0.224 e. The van der Waals surface area contributed by atoms with Crippen LogP contribution in [0.15, 0.2) is 18.2 Å². The Morgan fingerprint density at radius 3 is 2.41 bits per heavy atom. The molecule has 1 saturated carbocycles. The van der Waals surface area contributed by atoms with E-state index >= 15 is 0 Å². The minimum Gasteiger partial charge on any atom is -0.378 e. The Morgan fingerprint density at radius 1 is 1.10 bits per heavy atom. The number of nitrogens with one attached hydrogen (secondary N) is 2. The standard InChI is InChI=1S/C21H28ClN3O4/c1-15(26)23-18-5-4-16(12-17(18)22)24-19(27)13-21(6-2-3-7-21)14-20(28)25-8-10-29-11-9-25/h4-5,12H,2-3,6-11,13-14H2,1H3,(H,23,26)(H,24,27). The quantitative estimate of drug-likeness (QED) is 0.736. The Labute approximate surface area is 176 Å². The van der Waals surface area contributed by atoms with Gasteiger partial charge < -0.3 is 20.3 Å². The molecule has 1 aliphatic carbocycles. The summed E-state index contributed by atoms with van der Waals surface area (Å²) in [4.78, 5) is 38.5. The smallest absolute Gasteiger partial charge is 0.224 e. The molecule has 2 fully saturated rings. The topological polar surface area (TPSA) is 87.7 Å². The second-order valence-electron chi connectivity index (χ2n) is 7.98. The fraction of sp³-hybridized carbons (Fsp3) is 0.571. The number of halogens is 1. The molecule has 2 aliphatic rings. The third kappa shape index (κ3) is 5.93. The molecule has 158 valence electrons. The predicted molar refractivity (Wildman–Crippen MR) is 112 cm³/mol.